The van der Waals surface area contributed by atoms with Gasteiger partial charge in [0, 0.05) is 6.54 Å². The van der Waals surface area contributed by atoms with E-state index in [-0.39, 0.29) is 0 Å². The summed E-state index contributed by atoms with van der Waals surface area (Å²) in [6, 6.07) is 8.13. The van der Waals surface area contributed by atoms with Gasteiger partial charge in [-0.1, -0.05) is 24.1 Å². The quantitative estimate of drug-likeness (QED) is 0.706. The van der Waals surface area contributed by atoms with Crippen LogP contribution in [0.4, 0.5) is 0 Å². The van der Waals surface area contributed by atoms with Crippen molar-refractivity contribution in [2.45, 2.75) is 26.2 Å². The van der Waals surface area contributed by atoms with E-state index in [1.54, 1.807) is 0 Å². The minimum absolute atomic E-state index is 0.628. The SMILES string of the molecule is Cc1ccc(OCCOCCN2CCCCC2)cc1. The Morgan fingerprint density at radius 1 is 0.947 bits per heavy atom. The van der Waals surface area contributed by atoms with Gasteiger partial charge < -0.3 is 14.4 Å². The van der Waals surface area contributed by atoms with Gasteiger partial charge in [0.25, 0.3) is 0 Å². The Balaban J connectivity index is 1.49. The maximum Gasteiger partial charge on any atom is 0.119 e. The fraction of sp³-hybridized carbons (Fsp3) is 0.625. The van der Waals surface area contributed by atoms with Crippen LogP contribution in [0.25, 0.3) is 0 Å². The summed E-state index contributed by atoms with van der Waals surface area (Å²) in [5.41, 5.74) is 1.25. The highest BCUT2D eigenvalue weighted by Gasteiger charge is 2.08. The molecule has 0 atom stereocenters. The Morgan fingerprint density at radius 3 is 2.42 bits per heavy atom. The van der Waals surface area contributed by atoms with Crippen molar-refractivity contribution in [1.29, 1.82) is 0 Å². The molecule has 2 rings (SSSR count). The third-order valence-electron chi connectivity index (χ3n) is 3.52. The predicted octanol–water partition coefficient (Wildman–Crippen LogP) is 2.88. The van der Waals surface area contributed by atoms with Gasteiger partial charge >= 0.3 is 0 Å². The molecule has 1 aliphatic rings. The Labute approximate surface area is 116 Å². The van der Waals surface area contributed by atoms with E-state index in [2.05, 4.69) is 24.0 Å². The van der Waals surface area contributed by atoms with Crippen molar-refractivity contribution in [3.63, 3.8) is 0 Å². The van der Waals surface area contributed by atoms with Crippen molar-refractivity contribution in [3.8, 4) is 5.75 Å². The van der Waals surface area contributed by atoms with Crippen LogP contribution in [0.5, 0.6) is 5.75 Å². The molecule has 1 aromatic carbocycles. The van der Waals surface area contributed by atoms with Gasteiger partial charge in [-0.15, -0.1) is 0 Å². The maximum atomic E-state index is 5.62. The summed E-state index contributed by atoms with van der Waals surface area (Å²) in [6.07, 6.45) is 4.08. The van der Waals surface area contributed by atoms with Gasteiger partial charge in [0.15, 0.2) is 0 Å². The highest BCUT2D eigenvalue weighted by atomic mass is 16.5. The van der Waals surface area contributed by atoms with Crippen LogP contribution in [0.2, 0.25) is 0 Å². The molecular formula is C16H25NO2. The van der Waals surface area contributed by atoms with E-state index in [1.807, 2.05) is 12.1 Å². The van der Waals surface area contributed by atoms with Crippen LogP contribution in [-0.4, -0.2) is 44.4 Å². The lowest BCUT2D eigenvalue weighted by Crippen LogP contribution is -2.32. The van der Waals surface area contributed by atoms with Gasteiger partial charge in [-0.2, -0.15) is 0 Å². The third-order valence-corrected chi connectivity index (χ3v) is 3.52. The first kappa shape index (κ1) is 14.4. The molecule has 0 aromatic heterocycles. The van der Waals surface area contributed by atoms with E-state index in [0.29, 0.717) is 13.2 Å². The average Bonchev–Trinajstić information content (AvgIpc) is 2.46. The van der Waals surface area contributed by atoms with Crippen molar-refractivity contribution in [2.24, 2.45) is 0 Å². The molecule has 3 nitrogen and oxygen atoms in total. The summed E-state index contributed by atoms with van der Waals surface area (Å²) in [5.74, 6) is 0.922. The molecule has 19 heavy (non-hydrogen) atoms. The highest BCUT2D eigenvalue weighted by Crippen LogP contribution is 2.11. The number of rotatable bonds is 7. The first-order valence-electron chi connectivity index (χ1n) is 7.34. The van der Waals surface area contributed by atoms with E-state index in [1.165, 1.54) is 37.9 Å². The molecule has 0 aliphatic carbocycles. The van der Waals surface area contributed by atoms with E-state index in [4.69, 9.17) is 9.47 Å². The number of nitrogens with zero attached hydrogens (tertiary/aromatic N) is 1. The second-order valence-electron chi connectivity index (χ2n) is 5.18. The summed E-state index contributed by atoms with van der Waals surface area (Å²) in [4.78, 5) is 2.49. The van der Waals surface area contributed by atoms with Gasteiger partial charge in [0.1, 0.15) is 12.4 Å². The summed E-state index contributed by atoms with van der Waals surface area (Å²) in [7, 11) is 0. The number of benzene rings is 1. The monoisotopic (exact) mass is 263 g/mol. The fourth-order valence-corrected chi connectivity index (χ4v) is 2.33. The number of aryl methyl sites for hydroxylation is 1. The van der Waals surface area contributed by atoms with Gasteiger partial charge in [0.05, 0.1) is 13.2 Å². The molecule has 1 heterocycles. The van der Waals surface area contributed by atoms with Crippen LogP contribution < -0.4 is 4.74 Å². The molecule has 1 aliphatic heterocycles. The lowest BCUT2D eigenvalue weighted by atomic mass is 10.1. The summed E-state index contributed by atoms with van der Waals surface area (Å²) in [6.45, 7) is 7.73. The lowest BCUT2D eigenvalue weighted by Gasteiger charge is -2.26. The van der Waals surface area contributed by atoms with Gasteiger partial charge in [-0.3, -0.25) is 0 Å². The van der Waals surface area contributed by atoms with E-state index < -0.39 is 0 Å². The zero-order valence-electron chi connectivity index (χ0n) is 11.9. The van der Waals surface area contributed by atoms with E-state index >= 15 is 0 Å². The highest BCUT2D eigenvalue weighted by molar-refractivity contribution is 5.26. The summed E-state index contributed by atoms with van der Waals surface area (Å²) in [5, 5.41) is 0. The van der Waals surface area contributed by atoms with E-state index in [9.17, 15) is 0 Å². The van der Waals surface area contributed by atoms with Crippen LogP contribution in [0, 0.1) is 6.92 Å². The van der Waals surface area contributed by atoms with Crippen LogP contribution in [-0.2, 0) is 4.74 Å². The number of hydrogen-bond donors (Lipinski definition) is 0. The predicted molar refractivity (Wildman–Crippen MR) is 77.8 cm³/mol. The number of piperidine rings is 1. The van der Waals surface area contributed by atoms with Crippen LogP contribution >= 0.6 is 0 Å². The van der Waals surface area contributed by atoms with Crippen LogP contribution in [0.3, 0.4) is 0 Å². The first-order chi connectivity index (χ1) is 9.34. The Morgan fingerprint density at radius 2 is 1.68 bits per heavy atom. The minimum atomic E-state index is 0.628. The summed E-state index contributed by atoms with van der Waals surface area (Å²) >= 11 is 0. The molecule has 0 radical (unpaired) electrons. The topological polar surface area (TPSA) is 21.7 Å². The second kappa shape index (κ2) is 8.18. The Bertz CT molecular complexity index is 344. The van der Waals surface area contributed by atoms with E-state index in [0.717, 1.165) is 18.9 Å². The normalized spacial score (nSPS) is 16.5. The minimum Gasteiger partial charge on any atom is -0.491 e. The van der Waals surface area contributed by atoms with Crippen molar-refractivity contribution >= 4 is 0 Å². The van der Waals surface area contributed by atoms with Crippen molar-refractivity contribution < 1.29 is 9.47 Å². The molecular weight excluding hydrogens is 238 g/mol. The van der Waals surface area contributed by atoms with Crippen molar-refractivity contribution in [3.05, 3.63) is 29.8 Å². The fourth-order valence-electron chi connectivity index (χ4n) is 2.33. The molecule has 1 fully saturated rings. The summed E-state index contributed by atoms with van der Waals surface area (Å²) < 4.78 is 11.2. The standard InChI is InChI=1S/C16H25NO2/c1-15-5-7-16(8-6-15)19-14-13-18-12-11-17-9-3-2-4-10-17/h5-8H,2-4,9-14H2,1H3. The number of hydrogen-bond acceptors (Lipinski definition) is 3. The third kappa shape index (κ3) is 5.62. The molecule has 0 N–H and O–H groups in total. The molecule has 1 aromatic rings. The van der Waals surface area contributed by atoms with Crippen LogP contribution in [0.1, 0.15) is 24.8 Å². The molecule has 0 spiro atoms. The zero-order chi connectivity index (χ0) is 13.3. The molecule has 0 bridgehead atoms. The lowest BCUT2D eigenvalue weighted by molar-refractivity contribution is 0.0750. The average molecular weight is 263 g/mol. The van der Waals surface area contributed by atoms with Crippen molar-refractivity contribution in [1.82, 2.24) is 4.90 Å². The number of ether oxygens (including phenoxy) is 2. The molecule has 106 valence electrons. The molecule has 0 unspecified atom stereocenters. The Hall–Kier alpha value is -1.06. The smallest absolute Gasteiger partial charge is 0.119 e. The second-order valence-corrected chi connectivity index (χ2v) is 5.18. The molecule has 0 saturated carbocycles. The molecule has 1 saturated heterocycles. The van der Waals surface area contributed by atoms with Crippen LogP contribution in [0.15, 0.2) is 24.3 Å². The molecule has 0 amide bonds. The van der Waals surface area contributed by atoms with Gasteiger partial charge in [-0.25, -0.2) is 0 Å². The largest absolute Gasteiger partial charge is 0.491 e. The van der Waals surface area contributed by atoms with Gasteiger partial charge in [0.2, 0.25) is 0 Å². The van der Waals surface area contributed by atoms with Gasteiger partial charge in [-0.05, 0) is 45.0 Å². The first-order valence-corrected chi connectivity index (χ1v) is 7.34. The number of likely N-dealkylation sites (tertiary alicyclic amines) is 1. The zero-order valence-corrected chi connectivity index (χ0v) is 11.9. The Kier molecular flexibility index (Phi) is 6.18. The van der Waals surface area contributed by atoms with Crippen molar-refractivity contribution in [2.75, 3.05) is 39.5 Å². The molecule has 3 heteroatoms. The maximum absolute atomic E-state index is 5.62.